The molecule has 0 bridgehead atoms. The second-order valence-corrected chi connectivity index (χ2v) is 14.7. The molecule has 2 heterocycles. The summed E-state index contributed by atoms with van der Waals surface area (Å²) in [5.74, 6) is 0. The molecule has 0 aromatic rings. The Morgan fingerprint density at radius 2 is 1.12 bits per heavy atom. The molecule has 0 radical (unpaired) electrons. The first kappa shape index (κ1) is 8.52. The van der Waals surface area contributed by atoms with Crippen LogP contribution in [0.25, 0.3) is 0 Å². The summed E-state index contributed by atoms with van der Waals surface area (Å²) in [6.07, 6.45) is 3.08. The van der Waals surface area contributed by atoms with E-state index >= 15 is 0 Å². The molecule has 0 aromatic carbocycles. The van der Waals surface area contributed by atoms with E-state index < -0.39 is 0 Å². The van der Waals surface area contributed by atoms with Crippen LogP contribution in [0, 0.1) is 0 Å². The topological polar surface area (TPSA) is 0 Å². The van der Waals surface area contributed by atoms with Crippen LogP contribution < -0.4 is 0 Å². The van der Waals surface area contributed by atoms with Crippen molar-refractivity contribution in [2.24, 2.45) is 0 Å². The summed E-state index contributed by atoms with van der Waals surface area (Å²) in [5.41, 5.74) is 0. The van der Waals surface area contributed by atoms with Gasteiger partial charge >= 0.3 is 0 Å². The Morgan fingerprint density at radius 3 is 1.12 bits per heavy atom. The van der Waals surface area contributed by atoms with Crippen molar-refractivity contribution in [1.29, 1.82) is 0 Å². The van der Waals surface area contributed by atoms with Gasteiger partial charge < -0.3 is 0 Å². The molecule has 8 heavy (non-hydrogen) atoms. The molecule has 0 aliphatic carbocycles. The second-order valence-electron chi connectivity index (χ2n) is 1.22. The number of rotatable bonds is 0. The predicted molar refractivity (Wildman–Crippen MR) is 58.2 cm³/mol. The highest BCUT2D eigenvalue weighted by Crippen LogP contribution is 2.76. The largest absolute Gasteiger partial charge is 0.0989 e. The molecule has 0 saturated carbocycles. The Kier molecular flexibility index (Phi) is 6.55. The molecule has 4 unspecified atom stereocenters. The molecule has 0 N–H and O–H groups in total. The van der Waals surface area contributed by atoms with Crippen molar-refractivity contribution in [3.05, 3.63) is 0 Å². The van der Waals surface area contributed by atoms with Crippen molar-refractivity contribution >= 4 is 52.3 Å². The molecule has 6 heteroatoms. The molecule has 0 amide bonds. The van der Waals surface area contributed by atoms with Crippen LogP contribution in [0.5, 0.6) is 0 Å². The maximum atomic E-state index is 1.99. The SMILES string of the molecule is C1CPP1.P1PSS1. The van der Waals surface area contributed by atoms with Crippen molar-refractivity contribution in [1.82, 2.24) is 0 Å². The van der Waals surface area contributed by atoms with Gasteiger partial charge in [0.25, 0.3) is 0 Å². The first-order valence-electron chi connectivity index (χ1n) is 2.28. The van der Waals surface area contributed by atoms with Crippen LogP contribution in [-0.4, -0.2) is 12.3 Å². The molecule has 0 nitrogen and oxygen atoms in total. The lowest BCUT2D eigenvalue weighted by molar-refractivity contribution is 1.53. The summed E-state index contributed by atoms with van der Waals surface area (Å²) < 4.78 is 0. The van der Waals surface area contributed by atoms with Crippen LogP contribution in [0.3, 0.4) is 0 Å². The van der Waals surface area contributed by atoms with Crippen molar-refractivity contribution in [2.45, 2.75) is 0 Å². The van der Waals surface area contributed by atoms with E-state index in [4.69, 9.17) is 0 Å². The normalized spacial score (nSPS) is 36.0. The smallest absolute Gasteiger partial charge is 0.0154 e. The fraction of sp³-hybridized carbons (Fsp3) is 1.00. The fourth-order valence-corrected chi connectivity index (χ4v) is 4.50. The molecule has 2 saturated heterocycles. The monoisotopic (exact) mass is 220 g/mol. The van der Waals surface area contributed by atoms with E-state index in [1.807, 2.05) is 20.8 Å². The van der Waals surface area contributed by atoms with Crippen molar-refractivity contribution in [3.63, 3.8) is 0 Å². The van der Waals surface area contributed by atoms with Crippen LogP contribution in [0.4, 0.5) is 0 Å². The molecule has 4 atom stereocenters. The predicted octanol–water partition coefficient (Wildman–Crippen LogP) is 3.76. The highest BCUT2D eigenvalue weighted by atomic mass is 33.7. The minimum absolute atomic E-state index is 1.23. The third kappa shape index (κ3) is 4.27. The lowest BCUT2D eigenvalue weighted by atomic mass is 11.0. The number of hydrogen-bond acceptors (Lipinski definition) is 2. The Hall–Kier alpha value is 2.42. The van der Waals surface area contributed by atoms with Crippen LogP contribution >= 0.6 is 52.3 Å². The zero-order chi connectivity index (χ0) is 5.66. The molecular formula is C2H8P4S2. The molecule has 2 aliphatic rings. The molecule has 2 fully saturated rings. The Balaban J connectivity index is 0.0000000800. The average Bonchev–Trinajstić information content (AvgIpc) is 1.12. The van der Waals surface area contributed by atoms with Gasteiger partial charge in [-0.05, 0) is 27.3 Å². The Bertz CT molecular complexity index is 36.0. The van der Waals surface area contributed by atoms with E-state index in [-0.39, 0.29) is 0 Å². The van der Waals surface area contributed by atoms with Gasteiger partial charge in [-0.2, -0.15) is 0 Å². The highest BCUT2D eigenvalue weighted by Gasteiger charge is 1.96. The third-order valence-corrected chi connectivity index (χ3v) is 18.0. The van der Waals surface area contributed by atoms with Gasteiger partial charge in [0.15, 0.2) is 0 Å². The van der Waals surface area contributed by atoms with Crippen molar-refractivity contribution in [3.8, 4) is 0 Å². The molecule has 2 rings (SSSR count). The lowest BCUT2D eigenvalue weighted by Gasteiger charge is -2.06. The van der Waals surface area contributed by atoms with Gasteiger partial charge in [0.2, 0.25) is 0 Å². The molecule has 0 spiro atoms. The quantitative estimate of drug-likeness (QED) is 0.450. The molecule has 0 aromatic heterocycles. The second kappa shape index (κ2) is 6.15. The van der Waals surface area contributed by atoms with E-state index in [9.17, 15) is 0 Å². The van der Waals surface area contributed by atoms with Crippen LogP contribution in [-0.2, 0) is 0 Å². The summed E-state index contributed by atoms with van der Waals surface area (Å²) in [4.78, 5) is 0. The Labute approximate surface area is 64.7 Å². The highest BCUT2D eigenvalue weighted by molar-refractivity contribution is 9.31. The standard InChI is InChI=1S/C2H6P2.H2P2S2/c2*1-2-4-3-1/h3-4H,1-2H2;1-2H. The van der Waals surface area contributed by atoms with Crippen molar-refractivity contribution < 1.29 is 0 Å². The summed E-state index contributed by atoms with van der Waals surface area (Å²) >= 11 is 0. The van der Waals surface area contributed by atoms with Gasteiger partial charge in [-0.25, -0.2) is 0 Å². The van der Waals surface area contributed by atoms with Gasteiger partial charge in [0.1, 0.15) is 0 Å². The zero-order valence-corrected chi connectivity index (χ0v) is 9.86. The maximum absolute atomic E-state index is 1.99. The van der Waals surface area contributed by atoms with Gasteiger partial charge in [0.05, 0.1) is 0 Å². The van der Waals surface area contributed by atoms with Crippen molar-refractivity contribution in [2.75, 3.05) is 12.3 Å². The van der Waals surface area contributed by atoms with Gasteiger partial charge in [-0.15, -0.1) is 0 Å². The summed E-state index contributed by atoms with van der Waals surface area (Å²) in [6, 6.07) is 0. The van der Waals surface area contributed by atoms with E-state index in [0.717, 1.165) is 0 Å². The molecule has 48 valence electrons. The van der Waals surface area contributed by atoms with E-state index in [1.165, 1.54) is 31.5 Å². The van der Waals surface area contributed by atoms with Gasteiger partial charge in [-0.1, -0.05) is 37.4 Å². The van der Waals surface area contributed by atoms with Gasteiger partial charge in [0, 0.05) is 0 Å². The first-order valence-corrected chi connectivity index (χ1v) is 12.3. The summed E-state index contributed by atoms with van der Waals surface area (Å²) in [6.45, 7) is 0. The minimum atomic E-state index is 1.23. The Morgan fingerprint density at radius 1 is 0.875 bits per heavy atom. The minimum Gasteiger partial charge on any atom is -0.0989 e. The van der Waals surface area contributed by atoms with Crippen LogP contribution in [0.2, 0.25) is 0 Å². The number of hydrogen-bond donors (Lipinski definition) is 0. The average molecular weight is 220 g/mol. The van der Waals surface area contributed by atoms with E-state index in [2.05, 4.69) is 0 Å². The summed E-state index contributed by atoms with van der Waals surface area (Å²) in [7, 11) is 9.14. The van der Waals surface area contributed by atoms with E-state index in [1.54, 1.807) is 12.3 Å². The molecular weight excluding hydrogens is 212 g/mol. The first-order chi connectivity index (χ1) is 4.00. The third-order valence-electron chi connectivity index (χ3n) is 0.667. The molecule has 2 aliphatic heterocycles. The summed E-state index contributed by atoms with van der Waals surface area (Å²) in [5, 5.41) is 0. The van der Waals surface area contributed by atoms with Crippen LogP contribution in [0.15, 0.2) is 0 Å². The maximum Gasteiger partial charge on any atom is -0.0154 e. The van der Waals surface area contributed by atoms with Gasteiger partial charge in [-0.3, -0.25) is 0 Å². The fourth-order valence-electron chi connectivity index (χ4n) is 0.167. The zero-order valence-electron chi connectivity index (χ0n) is 4.23. The van der Waals surface area contributed by atoms with E-state index in [0.29, 0.717) is 0 Å². The lowest BCUT2D eigenvalue weighted by Crippen LogP contribution is -1.80. The van der Waals surface area contributed by atoms with Crippen LogP contribution in [0.1, 0.15) is 0 Å².